The molecule has 2 heterocycles. The number of hydrogen-bond acceptors (Lipinski definition) is 5. The fraction of sp³-hybridized carbons (Fsp3) is 0.143. The van der Waals surface area contributed by atoms with E-state index in [0.29, 0.717) is 22.1 Å². The van der Waals surface area contributed by atoms with Crippen molar-refractivity contribution in [3.8, 4) is 0 Å². The maximum absolute atomic E-state index is 14.2. The van der Waals surface area contributed by atoms with Crippen molar-refractivity contribution in [1.29, 1.82) is 0 Å². The molecule has 0 aliphatic carbocycles. The molecule has 1 amide bonds. The van der Waals surface area contributed by atoms with Crippen molar-refractivity contribution in [2.24, 2.45) is 5.73 Å². The predicted octanol–water partition coefficient (Wildman–Crippen LogP) is 2.18. The molecule has 0 saturated carbocycles. The van der Waals surface area contributed by atoms with Crippen LogP contribution in [0, 0.1) is 5.82 Å². The molecule has 0 bridgehead atoms. The monoisotopic (exact) mass is 304 g/mol. The molecule has 4 N–H and O–H groups in total. The van der Waals surface area contributed by atoms with Crippen LogP contribution < -0.4 is 16.4 Å². The second kappa shape index (κ2) is 5.17. The first-order chi connectivity index (χ1) is 10.0. The van der Waals surface area contributed by atoms with Gasteiger partial charge in [0.15, 0.2) is 10.9 Å². The summed E-state index contributed by atoms with van der Waals surface area (Å²) in [6.45, 7) is 1.98. The highest BCUT2D eigenvalue weighted by molar-refractivity contribution is 7.22. The van der Waals surface area contributed by atoms with Crippen LogP contribution in [0.15, 0.2) is 30.1 Å². The minimum atomic E-state index is -0.413. The van der Waals surface area contributed by atoms with E-state index in [1.165, 1.54) is 24.3 Å². The lowest BCUT2D eigenvalue weighted by atomic mass is 10.0. The van der Waals surface area contributed by atoms with E-state index in [1.807, 2.05) is 12.1 Å². The largest absolute Gasteiger partial charge is 0.398 e. The summed E-state index contributed by atoms with van der Waals surface area (Å²) < 4.78 is 14.9. The lowest BCUT2D eigenvalue weighted by Gasteiger charge is -2.13. The molecule has 0 radical (unpaired) electrons. The third-order valence-corrected chi connectivity index (χ3v) is 3.92. The lowest BCUT2D eigenvalue weighted by Crippen LogP contribution is -2.17. The van der Waals surface area contributed by atoms with E-state index >= 15 is 0 Å². The number of nitrogens with zero attached hydrogens (tertiary/aromatic N) is 1. The number of anilines is 1. The van der Waals surface area contributed by atoms with E-state index in [2.05, 4.69) is 15.6 Å². The number of fused-ring (bicyclic) bond motifs is 1. The zero-order valence-corrected chi connectivity index (χ0v) is 12.1. The van der Waals surface area contributed by atoms with Crippen molar-refractivity contribution >= 4 is 38.2 Å². The van der Waals surface area contributed by atoms with Crippen molar-refractivity contribution in [3.63, 3.8) is 0 Å². The van der Waals surface area contributed by atoms with Crippen LogP contribution in [0.25, 0.3) is 15.8 Å². The molecule has 1 aliphatic heterocycles. The summed E-state index contributed by atoms with van der Waals surface area (Å²) in [5.41, 5.74) is 8.26. The number of thiazole rings is 1. The minimum Gasteiger partial charge on any atom is -0.398 e. The molecule has 5 nitrogen and oxygen atoms in total. The Bertz CT molecular complexity index is 794. The number of carbonyl (C=O) groups is 1. The van der Waals surface area contributed by atoms with Crippen molar-refractivity contribution in [3.05, 3.63) is 41.5 Å². The third kappa shape index (κ3) is 2.73. The fourth-order valence-electron chi connectivity index (χ4n) is 2.14. The molecular formula is C14H13FN4OS. The molecule has 1 aromatic carbocycles. The van der Waals surface area contributed by atoms with Gasteiger partial charge in [0.2, 0.25) is 5.91 Å². The SMILES string of the molecule is CC(=O)Nc1nc2c(F)cc(C3=CC(N)=CNC3)cc2s1. The Kier molecular flexibility index (Phi) is 3.34. The second-order valence-corrected chi connectivity index (χ2v) is 5.73. The van der Waals surface area contributed by atoms with Crippen LogP contribution in [0.2, 0.25) is 0 Å². The van der Waals surface area contributed by atoms with E-state index in [-0.39, 0.29) is 11.4 Å². The average molecular weight is 304 g/mol. The third-order valence-electron chi connectivity index (χ3n) is 3.00. The van der Waals surface area contributed by atoms with Crippen molar-refractivity contribution in [1.82, 2.24) is 10.3 Å². The van der Waals surface area contributed by atoms with Gasteiger partial charge in [-0.25, -0.2) is 9.37 Å². The number of allylic oxidation sites excluding steroid dienone is 1. The molecule has 0 fully saturated rings. The maximum atomic E-state index is 14.2. The lowest BCUT2D eigenvalue weighted by molar-refractivity contribution is -0.114. The van der Waals surface area contributed by atoms with Crippen molar-refractivity contribution < 1.29 is 9.18 Å². The summed E-state index contributed by atoms with van der Waals surface area (Å²) in [6, 6.07) is 3.29. The molecule has 0 atom stereocenters. The summed E-state index contributed by atoms with van der Waals surface area (Å²) in [6.07, 6.45) is 3.52. The normalized spacial score (nSPS) is 14.4. The molecule has 0 saturated heterocycles. The van der Waals surface area contributed by atoms with Gasteiger partial charge >= 0.3 is 0 Å². The minimum absolute atomic E-state index is 0.230. The number of rotatable bonds is 2. The number of nitrogens with two attached hydrogens (primary N) is 1. The second-order valence-electron chi connectivity index (χ2n) is 4.70. The van der Waals surface area contributed by atoms with Gasteiger partial charge in [-0.15, -0.1) is 0 Å². The van der Waals surface area contributed by atoms with Gasteiger partial charge in [0.25, 0.3) is 0 Å². The summed E-state index contributed by atoms with van der Waals surface area (Å²) in [7, 11) is 0. The first-order valence-corrected chi connectivity index (χ1v) is 7.12. The van der Waals surface area contributed by atoms with E-state index in [4.69, 9.17) is 5.73 Å². The Morgan fingerprint density at radius 1 is 1.52 bits per heavy atom. The van der Waals surface area contributed by atoms with E-state index in [9.17, 15) is 9.18 Å². The van der Waals surface area contributed by atoms with Crippen LogP contribution in [-0.2, 0) is 4.79 Å². The molecule has 108 valence electrons. The van der Waals surface area contributed by atoms with Gasteiger partial charge in [-0.1, -0.05) is 11.3 Å². The average Bonchev–Trinajstić information content (AvgIpc) is 2.80. The quantitative estimate of drug-likeness (QED) is 0.794. The molecule has 3 rings (SSSR count). The first kappa shape index (κ1) is 13.6. The highest BCUT2D eigenvalue weighted by Crippen LogP contribution is 2.31. The number of carbonyl (C=O) groups excluding carboxylic acids is 1. The van der Waals surface area contributed by atoms with E-state index in [1.54, 1.807) is 6.20 Å². The van der Waals surface area contributed by atoms with Gasteiger partial charge in [-0.3, -0.25) is 4.79 Å². The zero-order valence-electron chi connectivity index (χ0n) is 11.2. The summed E-state index contributed by atoms with van der Waals surface area (Å²) in [5, 5.41) is 6.00. The van der Waals surface area contributed by atoms with Crippen LogP contribution in [0.3, 0.4) is 0 Å². The van der Waals surface area contributed by atoms with Gasteiger partial charge in [-0.2, -0.15) is 0 Å². The summed E-state index contributed by atoms with van der Waals surface area (Å²) >= 11 is 1.24. The molecule has 21 heavy (non-hydrogen) atoms. The van der Waals surface area contributed by atoms with E-state index in [0.717, 1.165) is 11.1 Å². The van der Waals surface area contributed by atoms with Crippen LogP contribution >= 0.6 is 11.3 Å². The number of aromatic nitrogens is 1. The molecular weight excluding hydrogens is 291 g/mol. The standard InChI is InChI=1S/C14H13FN4OS/c1-7(20)18-14-19-13-11(15)3-8(4-12(13)21-14)9-2-10(16)6-17-5-9/h2-4,6,17H,5,16H2,1H3,(H,18,19,20). The van der Waals surface area contributed by atoms with Gasteiger partial charge in [0, 0.05) is 25.4 Å². The van der Waals surface area contributed by atoms with Crippen LogP contribution in [0.4, 0.5) is 9.52 Å². The number of hydrogen-bond donors (Lipinski definition) is 3. The van der Waals surface area contributed by atoms with Gasteiger partial charge in [0.1, 0.15) is 5.52 Å². The summed E-state index contributed by atoms with van der Waals surface area (Å²) in [4.78, 5) is 15.1. The van der Waals surface area contributed by atoms with Gasteiger partial charge < -0.3 is 16.4 Å². The van der Waals surface area contributed by atoms with Crippen LogP contribution in [-0.4, -0.2) is 17.4 Å². The van der Waals surface area contributed by atoms with Crippen LogP contribution in [0.5, 0.6) is 0 Å². The molecule has 1 aliphatic rings. The zero-order chi connectivity index (χ0) is 15.0. The molecule has 0 spiro atoms. The molecule has 0 unspecified atom stereocenters. The Morgan fingerprint density at radius 2 is 2.33 bits per heavy atom. The summed E-state index contributed by atoms with van der Waals surface area (Å²) in [5.74, 6) is -0.642. The Hall–Kier alpha value is -2.41. The number of dihydropyridines is 1. The Morgan fingerprint density at radius 3 is 3.05 bits per heavy atom. The maximum Gasteiger partial charge on any atom is 0.223 e. The Labute approximate surface area is 124 Å². The van der Waals surface area contributed by atoms with E-state index < -0.39 is 5.82 Å². The number of halogens is 1. The first-order valence-electron chi connectivity index (χ1n) is 6.30. The van der Waals surface area contributed by atoms with Crippen molar-refractivity contribution in [2.45, 2.75) is 6.92 Å². The molecule has 7 heteroatoms. The van der Waals surface area contributed by atoms with Crippen molar-refractivity contribution in [2.75, 3.05) is 11.9 Å². The fourth-order valence-corrected chi connectivity index (χ4v) is 3.10. The highest BCUT2D eigenvalue weighted by Gasteiger charge is 2.14. The molecule has 2 aromatic rings. The number of nitrogens with one attached hydrogen (secondary N) is 2. The van der Waals surface area contributed by atoms with Gasteiger partial charge in [0.05, 0.1) is 4.70 Å². The number of benzene rings is 1. The highest BCUT2D eigenvalue weighted by atomic mass is 32.1. The van der Waals surface area contributed by atoms with Gasteiger partial charge in [-0.05, 0) is 29.3 Å². The predicted molar refractivity (Wildman–Crippen MR) is 82.1 cm³/mol. The topological polar surface area (TPSA) is 80.0 Å². The Balaban J connectivity index is 2.06. The smallest absolute Gasteiger partial charge is 0.223 e. The number of amides is 1. The molecule has 1 aromatic heterocycles. The van der Waals surface area contributed by atoms with Crippen LogP contribution in [0.1, 0.15) is 12.5 Å².